The molecule has 0 radical (unpaired) electrons. The van der Waals surface area contributed by atoms with Gasteiger partial charge in [-0.1, -0.05) is 61.5 Å². The first-order valence-corrected chi connectivity index (χ1v) is 12.4. The maximum absolute atomic E-state index is 6.21. The molecule has 1 aliphatic heterocycles. The number of rotatable bonds is 6. The quantitative estimate of drug-likeness (QED) is 0.503. The zero-order valence-electron chi connectivity index (χ0n) is 17.1. The lowest BCUT2D eigenvalue weighted by atomic mass is 9.99. The summed E-state index contributed by atoms with van der Waals surface area (Å²) in [5, 5.41) is 4.40. The van der Waals surface area contributed by atoms with Crippen molar-refractivity contribution >= 4 is 23.2 Å². The number of benzene rings is 3. The lowest BCUT2D eigenvalue weighted by molar-refractivity contribution is -0.0106. The predicted molar refractivity (Wildman–Crippen MR) is 123 cm³/mol. The third-order valence-corrected chi connectivity index (χ3v) is 10.7. The SMILES string of the molecule is CC(C[P+](c1ccccc1)(c1ccccc1)c1ccccc1)C1CCCCO1.[Br-]. The average Bonchev–Trinajstić information content (AvgIpc) is 2.80. The summed E-state index contributed by atoms with van der Waals surface area (Å²) in [5.74, 6) is 0.522. The summed E-state index contributed by atoms with van der Waals surface area (Å²) in [6.07, 6.45) is 5.22. The lowest BCUT2D eigenvalue weighted by Gasteiger charge is -2.34. The average molecular weight is 469 g/mol. The summed E-state index contributed by atoms with van der Waals surface area (Å²) in [4.78, 5) is 0. The van der Waals surface area contributed by atoms with E-state index >= 15 is 0 Å². The van der Waals surface area contributed by atoms with Crippen LogP contribution >= 0.6 is 7.26 Å². The van der Waals surface area contributed by atoms with Crippen molar-refractivity contribution in [2.24, 2.45) is 5.92 Å². The molecular weight excluding hydrogens is 439 g/mol. The minimum atomic E-state index is -1.76. The molecule has 3 heteroatoms. The van der Waals surface area contributed by atoms with Crippen molar-refractivity contribution in [1.29, 1.82) is 0 Å². The van der Waals surface area contributed by atoms with Crippen LogP contribution in [0.1, 0.15) is 26.2 Å². The molecule has 0 spiro atoms. The van der Waals surface area contributed by atoms with Gasteiger partial charge in [0.15, 0.2) is 0 Å². The molecule has 2 atom stereocenters. The topological polar surface area (TPSA) is 9.23 Å². The molecule has 1 saturated heterocycles. The van der Waals surface area contributed by atoms with Crippen molar-refractivity contribution in [3.8, 4) is 0 Å². The van der Waals surface area contributed by atoms with Gasteiger partial charge in [0.1, 0.15) is 23.2 Å². The molecule has 0 aromatic heterocycles. The summed E-state index contributed by atoms with van der Waals surface area (Å²) in [5.41, 5.74) is 0. The van der Waals surface area contributed by atoms with Crippen LogP contribution in [0.25, 0.3) is 0 Å². The maximum Gasteiger partial charge on any atom is 0.112 e. The Morgan fingerprint density at radius 1 is 0.759 bits per heavy atom. The van der Waals surface area contributed by atoms with Gasteiger partial charge in [0.25, 0.3) is 0 Å². The van der Waals surface area contributed by atoms with Crippen molar-refractivity contribution in [2.75, 3.05) is 12.8 Å². The molecule has 1 nitrogen and oxygen atoms in total. The van der Waals surface area contributed by atoms with E-state index in [0.29, 0.717) is 12.0 Å². The Bertz CT molecular complexity index is 751. The summed E-state index contributed by atoms with van der Waals surface area (Å²) >= 11 is 0. The first kappa shape index (κ1) is 22.2. The Balaban J connectivity index is 0.00000240. The van der Waals surface area contributed by atoms with Crippen molar-refractivity contribution < 1.29 is 21.7 Å². The lowest BCUT2D eigenvalue weighted by Crippen LogP contribution is -3.00. The normalized spacial score (nSPS) is 17.9. The number of ether oxygens (including phenoxy) is 1. The number of halogens is 1. The van der Waals surface area contributed by atoms with Gasteiger partial charge in [-0.2, -0.15) is 0 Å². The molecule has 1 aliphatic rings. The Kier molecular flexibility index (Phi) is 8.07. The van der Waals surface area contributed by atoms with Gasteiger partial charge < -0.3 is 21.7 Å². The summed E-state index contributed by atoms with van der Waals surface area (Å²) in [6.45, 7) is 3.32. The number of hydrogen-bond donors (Lipinski definition) is 0. The summed E-state index contributed by atoms with van der Waals surface area (Å²) in [6, 6.07) is 33.5. The second-order valence-electron chi connectivity index (χ2n) is 7.88. The molecule has 0 amide bonds. The fraction of sp³-hybridized carbons (Fsp3) is 0.308. The van der Waals surface area contributed by atoms with Gasteiger partial charge in [-0.3, -0.25) is 0 Å². The molecule has 0 bridgehead atoms. The summed E-state index contributed by atoms with van der Waals surface area (Å²) < 4.78 is 6.21. The van der Waals surface area contributed by atoms with E-state index in [1.165, 1.54) is 35.2 Å². The van der Waals surface area contributed by atoms with Crippen LogP contribution in [-0.2, 0) is 4.74 Å². The zero-order chi connectivity index (χ0) is 19.2. The highest BCUT2D eigenvalue weighted by molar-refractivity contribution is 7.95. The standard InChI is InChI=1S/C26H30OP.BrH/c1-22(26-19-11-12-20-27-26)21-28(23-13-5-2-6-14-23,24-15-7-3-8-16-24)25-17-9-4-10-18-25;/h2-10,13-18,22,26H,11-12,19-21H2,1H3;1H/q+1;/p-1. The third kappa shape index (κ3) is 4.82. The van der Waals surface area contributed by atoms with Gasteiger partial charge in [0.2, 0.25) is 0 Å². The molecule has 0 saturated carbocycles. The third-order valence-electron chi connectivity index (χ3n) is 6.00. The van der Waals surface area contributed by atoms with Crippen molar-refractivity contribution in [3.05, 3.63) is 91.0 Å². The van der Waals surface area contributed by atoms with Crippen LogP contribution in [0, 0.1) is 5.92 Å². The Morgan fingerprint density at radius 3 is 1.59 bits per heavy atom. The van der Waals surface area contributed by atoms with Gasteiger partial charge in [-0.05, 0) is 55.7 Å². The molecule has 0 N–H and O–H groups in total. The van der Waals surface area contributed by atoms with Crippen molar-refractivity contribution in [1.82, 2.24) is 0 Å². The maximum atomic E-state index is 6.21. The second-order valence-corrected chi connectivity index (χ2v) is 11.4. The monoisotopic (exact) mass is 468 g/mol. The molecule has 0 aliphatic carbocycles. The largest absolute Gasteiger partial charge is 1.00 e. The highest BCUT2D eigenvalue weighted by atomic mass is 79.9. The van der Waals surface area contributed by atoms with Crippen LogP contribution in [0.3, 0.4) is 0 Å². The molecular formula is C26H30BrOP. The minimum absolute atomic E-state index is 0. The van der Waals surface area contributed by atoms with E-state index in [0.717, 1.165) is 12.8 Å². The van der Waals surface area contributed by atoms with E-state index in [1.807, 2.05) is 0 Å². The van der Waals surface area contributed by atoms with Gasteiger partial charge in [-0.25, -0.2) is 0 Å². The van der Waals surface area contributed by atoms with Gasteiger partial charge >= 0.3 is 0 Å². The first-order valence-electron chi connectivity index (χ1n) is 10.5. The van der Waals surface area contributed by atoms with Crippen molar-refractivity contribution in [3.63, 3.8) is 0 Å². The number of hydrogen-bond acceptors (Lipinski definition) is 1. The first-order chi connectivity index (χ1) is 13.8. The Hall–Kier alpha value is -1.47. The van der Waals surface area contributed by atoms with E-state index in [4.69, 9.17) is 4.74 Å². The molecule has 29 heavy (non-hydrogen) atoms. The van der Waals surface area contributed by atoms with E-state index in [-0.39, 0.29) is 17.0 Å². The molecule has 4 rings (SSSR count). The predicted octanol–water partition coefficient (Wildman–Crippen LogP) is 2.19. The molecule has 3 aromatic carbocycles. The van der Waals surface area contributed by atoms with Gasteiger partial charge in [0, 0.05) is 12.5 Å². The second kappa shape index (κ2) is 10.5. The minimum Gasteiger partial charge on any atom is -1.00 e. The molecule has 1 heterocycles. The van der Waals surface area contributed by atoms with Gasteiger partial charge in [0.05, 0.1) is 12.3 Å². The Morgan fingerprint density at radius 2 is 1.21 bits per heavy atom. The van der Waals surface area contributed by atoms with Crippen LogP contribution in [0.4, 0.5) is 0 Å². The fourth-order valence-electron chi connectivity index (χ4n) is 4.57. The van der Waals surface area contributed by atoms with Crippen molar-refractivity contribution in [2.45, 2.75) is 32.3 Å². The Labute approximate surface area is 186 Å². The van der Waals surface area contributed by atoms with E-state index < -0.39 is 7.26 Å². The van der Waals surface area contributed by atoms with Crippen LogP contribution in [0.5, 0.6) is 0 Å². The molecule has 2 unspecified atom stereocenters. The van der Waals surface area contributed by atoms with Crippen LogP contribution in [0.15, 0.2) is 91.0 Å². The van der Waals surface area contributed by atoms with Crippen LogP contribution in [0.2, 0.25) is 0 Å². The highest BCUT2D eigenvalue weighted by Gasteiger charge is 2.47. The van der Waals surface area contributed by atoms with E-state index in [2.05, 4.69) is 97.9 Å². The molecule has 1 fully saturated rings. The van der Waals surface area contributed by atoms with Gasteiger partial charge in [-0.15, -0.1) is 0 Å². The highest BCUT2D eigenvalue weighted by Crippen LogP contribution is 2.57. The smallest absolute Gasteiger partial charge is 0.112 e. The van der Waals surface area contributed by atoms with E-state index in [1.54, 1.807) is 0 Å². The fourth-order valence-corrected chi connectivity index (χ4v) is 9.24. The molecule has 3 aromatic rings. The van der Waals surface area contributed by atoms with E-state index in [9.17, 15) is 0 Å². The van der Waals surface area contributed by atoms with Crippen LogP contribution in [-0.4, -0.2) is 18.9 Å². The zero-order valence-corrected chi connectivity index (χ0v) is 19.6. The summed E-state index contributed by atoms with van der Waals surface area (Å²) in [7, 11) is -1.76. The molecule has 152 valence electrons. The van der Waals surface area contributed by atoms with Crippen LogP contribution < -0.4 is 32.9 Å².